The fourth-order valence-electron chi connectivity index (χ4n) is 2.16. The number of amides is 1. The van der Waals surface area contributed by atoms with Crippen LogP contribution >= 0.6 is 11.8 Å². The number of aromatic nitrogens is 2. The van der Waals surface area contributed by atoms with Crippen LogP contribution in [0.3, 0.4) is 0 Å². The van der Waals surface area contributed by atoms with Crippen molar-refractivity contribution < 1.29 is 14.3 Å². The second-order valence-electron chi connectivity index (χ2n) is 5.21. The zero-order valence-corrected chi connectivity index (χ0v) is 14.6. The Labute approximate surface area is 145 Å². The number of hydrogen-bond donors (Lipinski definition) is 1. The van der Waals surface area contributed by atoms with E-state index in [0.717, 1.165) is 5.56 Å². The van der Waals surface area contributed by atoms with Crippen molar-refractivity contribution in [1.82, 2.24) is 9.78 Å². The zero-order chi connectivity index (χ0) is 17.4. The summed E-state index contributed by atoms with van der Waals surface area (Å²) >= 11 is 1.23. The predicted molar refractivity (Wildman–Crippen MR) is 95.1 cm³/mol. The molecule has 1 N–H and O–H groups in total. The van der Waals surface area contributed by atoms with Gasteiger partial charge in [0.25, 0.3) is 0 Å². The Balaban J connectivity index is 1.86. The molecule has 2 aromatic rings. The maximum absolute atomic E-state index is 12.0. The van der Waals surface area contributed by atoms with Gasteiger partial charge in [-0.15, -0.1) is 11.8 Å². The molecular formula is C17H21N3O3S. The van der Waals surface area contributed by atoms with Gasteiger partial charge < -0.3 is 10.1 Å². The first kappa shape index (κ1) is 18.1. The summed E-state index contributed by atoms with van der Waals surface area (Å²) < 4.78 is 6.56. The van der Waals surface area contributed by atoms with Gasteiger partial charge in [-0.1, -0.05) is 29.8 Å². The number of hydrogen-bond acceptors (Lipinski definition) is 5. The molecular weight excluding hydrogens is 326 g/mol. The lowest BCUT2D eigenvalue weighted by molar-refractivity contribution is -0.139. The maximum Gasteiger partial charge on any atom is 0.315 e. The van der Waals surface area contributed by atoms with E-state index in [9.17, 15) is 9.59 Å². The Morgan fingerprint density at radius 1 is 1.29 bits per heavy atom. The van der Waals surface area contributed by atoms with E-state index >= 15 is 0 Å². The topological polar surface area (TPSA) is 73.2 Å². The number of nitrogens with zero attached hydrogens (tertiary/aromatic N) is 2. The third-order valence-corrected chi connectivity index (χ3v) is 4.06. The van der Waals surface area contributed by atoms with E-state index in [0.29, 0.717) is 19.0 Å². The Kier molecular flexibility index (Phi) is 6.87. The standard InChI is InChI=1S/C17H21N3O3S/c1-3-23-17(22)12-24-11-16(21)19-15-7-8-18-20(15)10-14-6-4-5-13(2)9-14/h4-9H,3,10-12H2,1-2H3,(H,19,21). The highest BCUT2D eigenvalue weighted by Gasteiger charge is 2.10. The molecule has 0 aliphatic heterocycles. The summed E-state index contributed by atoms with van der Waals surface area (Å²) in [5.74, 6) is 0.520. The number of carbonyl (C=O) groups excluding carboxylic acids is 2. The summed E-state index contributed by atoms with van der Waals surface area (Å²) in [7, 11) is 0. The van der Waals surface area contributed by atoms with Crippen LogP contribution in [-0.2, 0) is 20.9 Å². The summed E-state index contributed by atoms with van der Waals surface area (Å²) in [6.45, 7) is 4.73. The van der Waals surface area contributed by atoms with Gasteiger partial charge in [-0.05, 0) is 19.4 Å². The molecule has 7 heteroatoms. The van der Waals surface area contributed by atoms with Crippen LogP contribution < -0.4 is 5.32 Å². The van der Waals surface area contributed by atoms with Crippen LogP contribution in [0.5, 0.6) is 0 Å². The van der Waals surface area contributed by atoms with Gasteiger partial charge in [0.15, 0.2) is 0 Å². The summed E-state index contributed by atoms with van der Waals surface area (Å²) in [6, 6.07) is 9.90. The van der Waals surface area contributed by atoms with Crippen LogP contribution in [-0.4, -0.2) is 39.8 Å². The van der Waals surface area contributed by atoms with E-state index < -0.39 is 0 Å². The second kappa shape index (κ2) is 9.12. The smallest absolute Gasteiger partial charge is 0.315 e. The zero-order valence-electron chi connectivity index (χ0n) is 13.8. The molecule has 0 aliphatic carbocycles. The first-order chi connectivity index (χ1) is 11.6. The lowest BCUT2D eigenvalue weighted by Crippen LogP contribution is -2.19. The molecule has 0 fully saturated rings. The lowest BCUT2D eigenvalue weighted by Gasteiger charge is -2.09. The molecule has 2 rings (SSSR count). The number of esters is 1. The van der Waals surface area contributed by atoms with Gasteiger partial charge in [-0.25, -0.2) is 4.68 Å². The van der Waals surface area contributed by atoms with E-state index in [1.54, 1.807) is 23.9 Å². The summed E-state index contributed by atoms with van der Waals surface area (Å²) in [4.78, 5) is 23.2. The molecule has 1 amide bonds. The molecule has 128 valence electrons. The average Bonchev–Trinajstić information content (AvgIpc) is 2.94. The van der Waals surface area contributed by atoms with Crippen molar-refractivity contribution in [2.45, 2.75) is 20.4 Å². The third kappa shape index (κ3) is 5.73. The van der Waals surface area contributed by atoms with Crippen LogP contribution in [0.1, 0.15) is 18.1 Å². The summed E-state index contributed by atoms with van der Waals surface area (Å²) in [5, 5.41) is 7.07. The molecule has 0 atom stereocenters. The molecule has 1 aromatic carbocycles. The Hall–Kier alpha value is -2.28. The Morgan fingerprint density at radius 2 is 2.12 bits per heavy atom. The lowest BCUT2D eigenvalue weighted by atomic mass is 10.1. The fourth-order valence-corrected chi connectivity index (χ4v) is 2.77. The second-order valence-corrected chi connectivity index (χ2v) is 6.19. The molecule has 0 aliphatic rings. The molecule has 0 saturated carbocycles. The predicted octanol–water partition coefficient (Wildman–Crippen LogP) is 2.47. The van der Waals surface area contributed by atoms with Crippen LogP contribution in [0, 0.1) is 6.92 Å². The highest BCUT2D eigenvalue weighted by molar-refractivity contribution is 8.00. The fraction of sp³-hybridized carbons (Fsp3) is 0.353. The molecule has 1 aromatic heterocycles. The Bertz CT molecular complexity index is 700. The number of thioether (sulfide) groups is 1. The first-order valence-electron chi connectivity index (χ1n) is 7.69. The van der Waals surface area contributed by atoms with Crippen molar-refractivity contribution in [3.63, 3.8) is 0 Å². The Morgan fingerprint density at radius 3 is 2.88 bits per heavy atom. The SMILES string of the molecule is CCOC(=O)CSCC(=O)Nc1ccnn1Cc1cccc(C)c1. The average molecular weight is 347 g/mol. The molecule has 0 unspecified atom stereocenters. The van der Waals surface area contributed by atoms with Crippen LogP contribution in [0.15, 0.2) is 36.5 Å². The van der Waals surface area contributed by atoms with Crippen molar-refractivity contribution in [2.24, 2.45) is 0 Å². The van der Waals surface area contributed by atoms with Crippen LogP contribution in [0.25, 0.3) is 0 Å². The normalized spacial score (nSPS) is 10.4. The first-order valence-corrected chi connectivity index (χ1v) is 8.84. The molecule has 0 spiro atoms. The number of carbonyl (C=O) groups is 2. The monoisotopic (exact) mass is 347 g/mol. The molecule has 24 heavy (non-hydrogen) atoms. The van der Waals surface area contributed by atoms with Gasteiger partial charge in [0.2, 0.25) is 5.91 Å². The van der Waals surface area contributed by atoms with E-state index in [2.05, 4.69) is 16.5 Å². The van der Waals surface area contributed by atoms with Crippen molar-refractivity contribution >= 4 is 29.5 Å². The van der Waals surface area contributed by atoms with Gasteiger partial charge in [0.1, 0.15) is 5.82 Å². The van der Waals surface area contributed by atoms with Crippen LogP contribution in [0.2, 0.25) is 0 Å². The third-order valence-electron chi connectivity index (χ3n) is 3.16. The highest BCUT2D eigenvalue weighted by Crippen LogP contribution is 2.12. The van der Waals surface area contributed by atoms with E-state index in [-0.39, 0.29) is 23.4 Å². The molecule has 0 bridgehead atoms. The van der Waals surface area contributed by atoms with Gasteiger partial charge in [-0.3, -0.25) is 9.59 Å². The number of aryl methyl sites for hydroxylation is 1. The minimum atomic E-state index is -0.306. The molecule has 0 saturated heterocycles. The van der Waals surface area contributed by atoms with E-state index in [4.69, 9.17) is 4.74 Å². The largest absolute Gasteiger partial charge is 0.465 e. The van der Waals surface area contributed by atoms with Gasteiger partial charge in [-0.2, -0.15) is 5.10 Å². The minimum absolute atomic E-state index is 0.170. The van der Waals surface area contributed by atoms with Crippen molar-refractivity contribution in [3.8, 4) is 0 Å². The number of ether oxygens (including phenoxy) is 1. The van der Waals surface area contributed by atoms with Crippen molar-refractivity contribution in [3.05, 3.63) is 47.7 Å². The molecule has 1 heterocycles. The number of rotatable bonds is 8. The maximum atomic E-state index is 12.0. The van der Waals surface area contributed by atoms with E-state index in [1.165, 1.54) is 17.3 Å². The minimum Gasteiger partial charge on any atom is -0.465 e. The summed E-state index contributed by atoms with van der Waals surface area (Å²) in [6.07, 6.45) is 1.65. The molecule has 6 nitrogen and oxygen atoms in total. The van der Waals surface area contributed by atoms with Crippen LogP contribution in [0.4, 0.5) is 5.82 Å². The van der Waals surface area contributed by atoms with Gasteiger partial charge in [0, 0.05) is 6.07 Å². The summed E-state index contributed by atoms with van der Waals surface area (Å²) in [5.41, 5.74) is 2.30. The van der Waals surface area contributed by atoms with Gasteiger partial charge >= 0.3 is 5.97 Å². The quantitative estimate of drug-likeness (QED) is 0.743. The van der Waals surface area contributed by atoms with Crippen molar-refractivity contribution in [2.75, 3.05) is 23.4 Å². The highest BCUT2D eigenvalue weighted by atomic mass is 32.2. The number of benzene rings is 1. The van der Waals surface area contributed by atoms with Gasteiger partial charge in [0.05, 0.1) is 30.9 Å². The van der Waals surface area contributed by atoms with E-state index in [1.807, 2.05) is 25.1 Å². The number of nitrogens with one attached hydrogen (secondary N) is 1. The molecule has 0 radical (unpaired) electrons. The van der Waals surface area contributed by atoms with Crippen molar-refractivity contribution in [1.29, 1.82) is 0 Å². The number of anilines is 1.